The van der Waals surface area contributed by atoms with Crippen molar-refractivity contribution in [3.05, 3.63) is 65.2 Å². The first-order valence-electron chi connectivity index (χ1n) is 8.73. The minimum Gasteiger partial charge on any atom is -0.497 e. The molecule has 2 aromatic carbocycles. The van der Waals surface area contributed by atoms with Gasteiger partial charge in [0.1, 0.15) is 5.75 Å². The van der Waals surface area contributed by atoms with Crippen molar-refractivity contribution in [2.75, 3.05) is 7.11 Å². The van der Waals surface area contributed by atoms with E-state index in [1.807, 2.05) is 12.1 Å². The Morgan fingerprint density at radius 3 is 2.70 bits per heavy atom. The number of benzene rings is 2. The predicted molar refractivity (Wildman–Crippen MR) is 96.0 cm³/mol. The molecule has 1 aliphatic carbocycles. The summed E-state index contributed by atoms with van der Waals surface area (Å²) in [6.07, 6.45) is 6.04. The van der Waals surface area contributed by atoms with Crippen LogP contribution in [0.3, 0.4) is 0 Å². The van der Waals surface area contributed by atoms with Crippen molar-refractivity contribution < 1.29 is 4.74 Å². The van der Waals surface area contributed by atoms with Gasteiger partial charge in [0.05, 0.1) is 7.11 Å². The van der Waals surface area contributed by atoms with Crippen molar-refractivity contribution in [2.24, 2.45) is 0 Å². The van der Waals surface area contributed by atoms with E-state index in [1.165, 1.54) is 36.0 Å². The third-order valence-electron chi connectivity index (χ3n) is 4.88. The number of hydrogen-bond acceptors (Lipinski definition) is 2. The molecule has 2 nitrogen and oxygen atoms in total. The van der Waals surface area contributed by atoms with Gasteiger partial charge in [-0.3, -0.25) is 0 Å². The van der Waals surface area contributed by atoms with Gasteiger partial charge in [0.15, 0.2) is 0 Å². The van der Waals surface area contributed by atoms with Crippen molar-refractivity contribution in [2.45, 2.75) is 51.1 Å². The number of aryl methyl sites for hydroxylation is 2. The molecule has 1 aliphatic rings. The van der Waals surface area contributed by atoms with Crippen LogP contribution in [0.2, 0.25) is 0 Å². The maximum atomic E-state index is 5.22. The van der Waals surface area contributed by atoms with Crippen molar-refractivity contribution in [1.29, 1.82) is 0 Å². The second-order valence-electron chi connectivity index (χ2n) is 6.60. The molecule has 0 aromatic heterocycles. The largest absolute Gasteiger partial charge is 0.497 e. The minimum atomic E-state index is 0.519. The van der Waals surface area contributed by atoms with Crippen LogP contribution in [0.4, 0.5) is 0 Å². The van der Waals surface area contributed by atoms with Crippen LogP contribution in [0.5, 0.6) is 5.75 Å². The quantitative estimate of drug-likeness (QED) is 0.836. The van der Waals surface area contributed by atoms with Crippen LogP contribution in [0.1, 0.15) is 48.9 Å². The third kappa shape index (κ3) is 4.14. The van der Waals surface area contributed by atoms with Crippen LogP contribution in [-0.4, -0.2) is 13.2 Å². The van der Waals surface area contributed by atoms with Crippen molar-refractivity contribution in [1.82, 2.24) is 5.32 Å². The van der Waals surface area contributed by atoms with Crippen LogP contribution in [0.15, 0.2) is 48.5 Å². The predicted octanol–water partition coefficient (Wildman–Crippen LogP) is 4.68. The summed E-state index contributed by atoms with van der Waals surface area (Å²) in [5.74, 6) is 0.929. The Morgan fingerprint density at radius 2 is 1.91 bits per heavy atom. The Kier molecular flexibility index (Phi) is 5.35. The lowest BCUT2D eigenvalue weighted by atomic mass is 9.87. The number of fused-ring (bicyclic) bond motifs is 1. The molecule has 0 radical (unpaired) electrons. The standard InChI is InChI=1S/C21H27NO/c1-16(10-11-17-12-14-19(23-2)15-13-17)22-21-9-5-7-18-6-3-4-8-20(18)21/h3-4,6,8,12-16,21-22H,5,7,9-11H2,1-2H3/t16-,21+/m0/s1. The Labute approximate surface area is 139 Å². The van der Waals surface area contributed by atoms with Crippen molar-refractivity contribution in [3.63, 3.8) is 0 Å². The van der Waals surface area contributed by atoms with E-state index in [9.17, 15) is 0 Å². The molecule has 23 heavy (non-hydrogen) atoms. The van der Waals surface area contributed by atoms with E-state index in [-0.39, 0.29) is 0 Å². The van der Waals surface area contributed by atoms with Crippen molar-refractivity contribution in [3.8, 4) is 5.75 Å². The molecule has 0 bridgehead atoms. The van der Waals surface area contributed by atoms with Gasteiger partial charge >= 0.3 is 0 Å². The second kappa shape index (κ2) is 7.65. The van der Waals surface area contributed by atoms with Crippen LogP contribution in [-0.2, 0) is 12.8 Å². The van der Waals surface area contributed by atoms with E-state index in [1.54, 1.807) is 7.11 Å². The number of ether oxygens (including phenoxy) is 1. The van der Waals surface area contributed by atoms with Gasteiger partial charge in [-0.25, -0.2) is 0 Å². The number of hydrogen-bond donors (Lipinski definition) is 1. The number of rotatable bonds is 6. The Bertz CT molecular complexity index is 620. The zero-order chi connectivity index (χ0) is 16.1. The molecule has 0 heterocycles. The van der Waals surface area contributed by atoms with E-state index in [0.29, 0.717) is 12.1 Å². The molecule has 3 rings (SSSR count). The van der Waals surface area contributed by atoms with Crippen LogP contribution >= 0.6 is 0 Å². The molecular weight excluding hydrogens is 282 g/mol. The summed E-state index contributed by atoms with van der Waals surface area (Å²) < 4.78 is 5.22. The third-order valence-corrected chi connectivity index (χ3v) is 4.88. The maximum absolute atomic E-state index is 5.22. The molecule has 0 amide bonds. The minimum absolute atomic E-state index is 0.519. The van der Waals surface area contributed by atoms with Crippen molar-refractivity contribution >= 4 is 0 Å². The molecule has 2 aromatic rings. The average molecular weight is 309 g/mol. The first-order valence-corrected chi connectivity index (χ1v) is 8.73. The molecule has 0 spiro atoms. The molecular formula is C21H27NO. The molecule has 2 heteroatoms. The van der Waals surface area contributed by atoms with Gasteiger partial charge in [-0.1, -0.05) is 36.4 Å². The summed E-state index contributed by atoms with van der Waals surface area (Å²) in [4.78, 5) is 0. The highest BCUT2D eigenvalue weighted by molar-refractivity contribution is 5.32. The smallest absolute Gasteiger partial charge is 0.118 e. The van der Waals surface area contributed by atoms with Crippen LogP contribution < -0.4 is 10.1 Å². The van der Waals surface area contributed by atoms with E-state index in [4.69, 9.17) is 4.74 Å². The fourth-order valence-electron chi connectivity index (χ4n) is 3.53. The highest BCUT2D eigenvalue weighted by Crippen LogP contribution is 2.30. The summed E-state index contributed by atoms with van der Waals surface area (Å²) >= 11 is 0. The van der Waals surface area contributed by atoms with E-state index in [0.717, 1.165) is 18.6 Å². The van der Waals surface area contributed by atoms with Gasteiger partial charge in [0, 0.05) is 12.1 Å². The first-order chi connectivity index (χ1) is 11.3. The zero-order valence-corrected chi connectivity index (χ0v) is 14.2. The lowest BCUT2D eigenvalue weighted by molar-refractivity contribution is 0.395. The lowest BCUT2D eigenvalue weighted by Crippen LogP contribution is -2.33. The van der Waals surface area contributed by atoms with E-state index < -0.39 is 0 Å². The Hall–Kier alpha value is -1.80. The molecule has 0 unspecified atom stereocenters. The van der Waals surface area contributed by atoms with Gasteiger partial charge in [0.2, 0.25) is 0 Å². The SMILES string of the molecule is COc1ccc(CC[C@H](C)N[C@@H]2CCCc3ccccc32)cc1. The van der Waals surface area contributed by atoms with Gasteiger partial charge < -0.3 is 10.1 Å². The van der Waals surface area contributed by atoms with Gasteiger partial charge in [-0.15, -0.1) is 0 Å². The molecule has 0 saturated heterocycles. The Morgan fingerprint density at radius 1 is 1.13 bits per heavy atom. The second-order valence-corrected chi connectivity index (χ2v) is 6.60. The van der Waals surface area contributed by atoms with Gasteiger partial charge in [-0.2, -0.15) is 0 Å². The van der Waals surface area contributed by atoms with Gasteiger partial charge in [0.25, 0.3) is 0 Å². The normalized spacial score (nSPS) is 18.3. The Balaban J connectivity index is 1.54. The fraction of sp³-hybridized carbons (Fsp3) is 0.429. The molecule has 122 valence electrons. The van der Waals surface area contributed by atoms with Crippen LogP contribution in [0, 0.1) is 0 Å². The number of methoxy groups -OCH3 is 1. The molecule has 0 saturated carbocycles. The summed E-state index contributed by atoms with van der Waals surface area (Å²) in [5.41, 5.74) is 4.41. The summed E-state index contributed by atoms with van der Waals surface area (Å²) in [6.45, 7) is 2.31. The van der Waals surface area contributed by atoms with E-state index >= 15 is 0 Å². The average Bonchev–Trinajstić information content (AvgIpc) is 2.61. The van der Waals surface area contributed by atoms with Crippen LogP contribution in [0.25, 0.3) is 0 Å². The monoisotopic (exact) mass is 309 g/mol. The lowest BCUT2D eigenvalue weighted by Gasteiger charge is -2.29. The van der Waals surface area contributed by atoms with E-state index in [2.05, 4.69) is 48.6 Å². The number of nitrogens with one attached hydrogen (secondary N) is 1. The zero-order valence-electron chi connectivity index (χ0n) is 14.2. The summed E-state index contributed by atoms with van der Waals surface area (Å²) in [5, 5.41) is 3.84. The van der Waals surface area contributed by atoms with Gasteiger partial charge in [-0.05, 0) is 67.9 Å². The highest BCUT2D eigenvalue weighted by Gasteiger charge is 2.20. The summed E-state index contributed by atoms with van der Waals surface area (Å²) in [6, 6.07) is 18.4. The summed E-state index contributed by atoms with van der Waals surface area (Å²) in [7, 11) is 1.71. The maximum Gasteiger partial charge on any atom is 0.118 e. The fourth-order valence-corrected chi connectivity index (χ4v) is 3.53. The first kappa shape index (κ1) is 16.1. The molecule has 1 N–H and O–H groups in total. The molecule has 0 aliphatic heterocycles. The molecule has 0 fully saturated rings. The topological polar surface area (TPSA) is 21.3 Å². The molecule has 2 atom stereocenters. The highest BCUT2D eigenvalue weighted by atomic mass is 16.5.